The summed E-state index contributed by atoms with van der Waals surface area (Å²) >= 11 is 0. The van der Waals surface area contributed by atoms with Gasteiger partial charge < -0.3 is 4.98 Å². The van der Waals surface area contributed by atoms with Crippen molar-refractivity contribution in [2.24, 2.45) is 0 Å². The molecule has 0 amide bonds. The van der Waals surface area contributed by atoms with Crippen LogP contribution in [0.3, 0.4) is 0 Å². The molecule has 5 heteroatoms. The number of aromatic nitrogens is 1. The van der Waals surface area contributed by atoms with E-state index in [1.165, 1.54) is 18.4 Å². The summed E-state index contributed by atoms with van der Waals surface area (Å²) in [6.07, 6.45) is 1.18. The van der Waals surface area contributed by atoms with Crippen molar-refractivity contribution >= 4 is 20.7 Å². The van der Waals surface area contributed by atoms with E-state index in [0.717, 1.165) is 33.3 Å². The van der Waals surface area contributed by atoms with Crippen LogP contribution in [-0.2, 0) is 9.84 Å². The molecule has 0 aliphatic carbocycles. The van der Waals surface area contributed by atoms with Gasteiger partial charge in [0.05, 0.1) is 21.5 Å². The SMILES string of the molecule is CS(=O)(=O)c1ccc(-c2[nH]c3ccc#cc3c2-c2ccc(F)cc2)cc1. The molecule has 0 fully saturated rings. The van der Waals surface area contributed by atoms with Crippen molar-refractivity contribution in [1.29, 1.82) is 0 Å². The topological polar surface area (TPSA) is 49.9 Å². The Balaban J connectivity index is 1.95. The molecule has 0 saturated carbocycles. The first-order chi connectivity index (χ1) is 12.4. The Labute approximate surface area is 151 Å². The maximum Gasteiger partial charge on any atom is 0.175 e. The molecule has 128 valence electrons. The predicted molar refractivity (Wildman–Crippen MR) is 99.9 cm³/mol. The van der Waals surface area contributed by atoms with Gasteiger partial charge in [-0.05, 0) is 47.5 Å². The van der Waals surface area contributed by atoms with Gasteiger partial charge >= 0.3 is 0 Å². The molecule has 0 bridgehead atoms. The Morgan fingerprint density at radius 3 is 2.23 bits per heavy atom. The Bertz CT molecular complexity index is 1190. The van der Waals surface area contributed by atoms with Gasteiger partial charge in [0.2, 0.25) is 0 Å². The van der Waals surface area contributed by atoms with Crippen LogP contribution in [0.4, 0.5) is 4.39 Å². The maximum absolute atomic E-state index is 13.3. The Morgan fingerprint density at radius 1 is 0.923 bits per heavy atom. The monoisotopic (exact) mass is 363 g/mol. The third-order valence-electron chi connectivity index (χ3n) is 4.26. The van der Waals surface area contributed by atoms with Crippen LogP contribution in [0.1, 0.15) is 0 Å². The van der Waals surface area contributed by atoms with Crippen molar-refractivity contribution in [3.8, 4) is 22.4 Å². The molecule has 0 unspecified atom stereocenters. The standard InChI is InChI=1S/C21H14FNO2S/c1-26(24,25)17-12-8-15(9-13-17)21-20(14-6-10-16(22)11-7-14)18-4-2-3-5-19(18)23-21/h3,5-13,23H,1H3. The van der Waals surface area contributed by atoms with E-state index < -0.39 is 9.84 Å². The van der Waals surface area contributed by atoms with Crippen molar-refractivity contribution in [3.05, 3.63) is 78.6 Å². The Kier molecular flexibility index (Phi) is 3.78. The minimum absolute atomic E-state index is 0.264. The fraction of sp³-hybridized carbons (Fsp3) is 0.0476. The minimum atomic E-state index is -3.26. The van der Waals surface area contributed by atoms with E-state index in [9.17, 15) is 12.8 Å². The first-order valence-corrected chi connectivity index (χ1v) is 9.83. The number of hydrogen-bond donors (Lipinski definition) is 1. The first kappa shape index (κ1) is 16.4. The average Bonchev–Trinajstić information content (AvgIpc) is 3.01. The lowest BCUT2D eigenvalue weighted by Crippen LogP contribution is -1.96. The number of hydrogen-bond acceptors (Lipinski definition) is 2. The van der Waals surface area contributed by atoms with Crippen molar-refractivity contribution < 1.29 is 12.8 Å². The quantitative estimate of drug-likeness (QED) is 0.576. The smallest absolute Gasteiger partial charge is 0.175 e. The third kappa shape index (κ3) is 2.85. The van der Waals surface area contributed by atoms with Gasteiger partial charge in [0.25, 0.3) is 0 Å². The zero-order chi connectivity index (χ0) is 18.3. The number of fused-ring (bicyclic) bond motifs is 1. The van der Waals surface area contributed by atoms with Gasteiger partial charge in [-0.2, -0.15) is 0 Å². The Morgan fingerprint density at radius 2 is 1.58 bits per heavy atom. The molecule has 0 aliphatic rings. The molecule has 1 aromatic heterocycles. The van der Waals surface area contributed by atoms with Crippen molar-refractivity contribution in [2.45, 2.75) is 4.90 Å². The fourth-order valence-corrected chi connectivity index (χ4v) is 3.63. The zero-order valence-corrected chi connectivity index (χ0v) is 14.7. The van der Waals surface area contributed by atoms with Gasteiger partial charge in [0, 0.05) is 11.8 Å². The van der Waals surface area contributed by atoms with Gasteiger partial charge in [0.15, 0.2) is 9.84 Å². The molecule has 26 heavy (non-hydrogen) atoms. The number of nitrogens with one attached hydrogen (secondary N) is 1. The highest BCUT2D eigenvalue weighted by Gasteiger charge is 2.16. The molecule has 0 radical (unpaired) electrons. The molecule has 3 nitrogen and oxygen atoms in total. The molecule has 0 aliphatic heterocycles. The number of H-pyrrole nitrogens is 1. The van der Waals surface area contributed by atoms with Gasteiger partial charge in [-0.15, -0.1) is 0 Å². The second kappa shape index (κ2) is 6.01. The van der Waals surface area contributed by atoms with Crippen LogP contribution < -0.4 is 0 Å². The highest BCUT2D eigenvalue weighted by molar-refractivity contribution is 7.90. The molecule has 0 saturated heterocycles. The van der Waals surface area contributed by atoms with Crippen LogP contribution in [0.5, 0.6) is 0 Å². The Hall–Kier alpha value is -3.10. The van der Waals surface area contributed by atoms with Gasteiger partial charge in [0.1, 0.15) is 5.82 Å². The average molecular weight is 363 g/mol. The van der Waals surface area contributed by atoms with Gasteiger partial charge in [-0.1, -0.05) is 36.4 Å². The van der Waals surface area contributed by atoms with Crippen molar-refractivity contribution in [1.82, 2.24) is 4.98 Å². The van der Waals surface area contributed by atoms with E-state index in [1.807, 2.05) is 6.07 Å². The van der Waals surface area contributed by atoms with Crippen molar-refractivity contribution in [2.75, 3.05) is 6.26 Å². The number of rotatable bonds is 3. The summed E-state index contributed by atoms with van der Waals surface area (Å²) < 4.78 is 36.7. The van der Waals surface area contributed by atoms with E-state index in [0.29, 0.717) is 0 Å². The number of sulfone groups is 1. The van der Waals surface area contributed by atoms with Crippen LogP contribution >= 0.6 is 0 Å². The lowest BCUT2D eigenvalue weighted by molar-refractivity contribution is 0.602. The molecule has 1 N–H and O–H groups in total. The summed E-state index contributed by atoms with van der Waals surface area (Å²) in [4.78, 5) is 3.62. The van der Waals surface area contributed by atoms with Crippen LogP contribution in [-0.4, -0.2) is 19.7 Å². The maximum atomic E-state index is 13.3. The second-order valence-electron chi connectivity index (χ2n) is 6.07. The van der Waals surface area contributed by atoms with E-state index in [4.69, 9.17) is 0 Å². The predicted octanol–water partition coefficient (Wildman–Crippen LogP) is 4.64. The van der Waals surface area contributed by atoms with Gasteiger partial charge in [-0.25, -0.2) is 12.8 Å². The normalized spacial score (nSPS) is 11.5. The van der Waals surface area contributed by atoms with Crippen LogP contribution in [0.15, 0.2) is 65.6 Å². The second-order valence-corrected chi connectivity index (χ2v) is 8.09. The van der Waals surface area contributed by atoms with Crippen LogP contribution in [0.25, 0.3) is 33.3 Å². The minimum Gasteiger partial charge on any atom is -0.353 e. The third-order valence-corrected chi connectivity index (χ3v) is 5.39. The summed E-state index contributed by atoms with van der Waals surface area (Å²) in [5, 5.41) is 0.848. The number of benzene rings is 2. The van der Waals surface area contributed by atoms with Crippen LogP contribution in [0.2, 0.25) is 0 Å². The molecule has 0 atom stereocenters. The molecule has 1 heterocycles. The number of aromatic amines is 1. The number of halogens is 1. The van der Waals surface area contributed by atoms with Crippen LogP contribution in [0, 0.1) is 17.9 Å². The lowest BCUT2D eigenvalue weighted by Gasteiger charge is -2.06. The lowest BCUT2D eigenvalue weighted by atomic mass is 9.99. The molecular weight excluding hydrogens is 349 g/mol. The zero-order valence-electron chi connectivity index (χ0n) is 13.9. The largest absolute Gasteiger partial charge is 0.353 e. The summed E-state index contributed by atoms with van der Waals surface area (Å²) in [5.74, 6) is -0.303. The molecule has 4 rings (SSSR count). The highest BCUT2D eigenvalue weighted by Crippen LogP contribution is 2.37. The fourth-order valence-electron chi connectivity index (χ4n) is 3.00. The first-order valence-electron chi connectivity index (χ1n) is 7.94. The van der Waals surface area contributed by atoms with Gasteiger partial charge in [-0.3, -0.25) is 0 Å². The van der Waals surface area contributed by atoms with Crippen molar-refractivity contribution in [3.63, 3.8) is 0 Å². The van der Waals surface area contributed by atoms with E-state index in [-0.39, 0.29) is 10.7 Å². The van der Waals surface area contributed by atoms with E-state index >= 15 is 0 Å². The molecule has 0 spiro atoms. The summed E-state index contributed by atoms with van der Waals surface area (Å²) in [7, 11) is -3.26. The summed E-state index contributed by atoms with van der Waals surface area (Å²) in [6, 6.07) is 22.7. The highest BCUT2D eigenvalue weighted by atomic mass is 32.2. The summed E-state index contributed by atoms with van der Waals surface area (Å²) in [5.41, 5.74) is 4.26. The molecular formula is C21H14FNO2S. The molecule has 3 aromatic carbocycles. The molecule has 4 aromatic rings. The summed E-state index contributed by atoms with van der Waals surface area (Å²) in [6.45, 7) is 0. The van der Waals surface area contributed by atoms with E-state index in [2.05, 4.69) is 17.1 Å². The van der Waals surface area contributed by atoms with E-state index in [1.54, 1.807) is 42.5 Å².